The molecule has 0 radical (unpaired) electrons. The second kappa shape index (κ2) is 4.33. The Morgan fingerprint density at radius 3 is 2.64 bits per heavy atom. The van der Waals surface area contributed by atoms with Gasteiger partial charge in [-0.3, -0.25) is 4.90 Å². The molecular weight excluding hydrogens is 203 g/mol. The van der Waals surface area contributed by atoms with Gasteiger partial charge in [-0.15, -0.1) is 12.4 Å². The van der Waals surface area contributed by atoms with Crippen LogP contribution >= 0.6 is 12.4 Å². The normalized spacial score (nSPS) is 36.2. The van der Waals surface area contributed by atoms with Crippen molar-refractivity contribution in [1.82, 2.24) is 10.2 Å². The van der Waals surface area contributed by atoms with E-state index < -0.39 is 5.67 Å². The standard InChI is InChI=1S/C10H19FN2.ClH/c1-8-6-13(9(2)5-12-8)7-10(11)3-4-10;/h8-9,12H,3-7H2,1-2H3;1H. The highest BCUT2D eigenvalue weighted by Crippen LogP contribution is 2.40. The molecule has 2 aliphatic rings. The minimum Gasteiger partial charge on any atom is -0.311 e. The van der Waals surface area contributed by atoms with Gasteiger partial charge in [0, 0.05) is 31.7 Å². The van der Waals surface area contributed by atoms with Crippen molar-refractivity contribution in [3.8, 4) is 0 Å². The van der Waals surface area contributed by atoms with Gasteiger partial charge >= 0.3 is 0 Å². The first-order valence-corrected chi connectivity index (χ1v) is 5.25. The SMILES string of the molecule is CC1CN(CC2(F)CC2)C(C)CN1.Cl. The number of nitrogens with one attached hydrogen (secondary N) is 1. The predicted molar refractivity (Wildman–Crippen MR) is 58.8 cm³/mol. The van der Waals surface area contributed by atoms with Crippen LogP contribution in [0.1, 0.15) is 26.7 Å². The van der Waals surface area contributed by atoms with Crippen molar-refractivity contribution < 1.29 is 4.39 Å². The number of rotatable bonds is 2. The summed E-state index contributed by atoms with van der Waals surface area (Å²) in [5, 5.41) is 3.40. The largest absolute Gasteiger partial charge is 0.311 e. The number of halogens is 2. The van der Waals surface area contributed by atoms with Crippen molar-refractivity contribution in [3.63, 3.8) is 0 Å². The molecule has 0 amide bonds. The lowest BCUT2D eigenvalue weighted by Gasteiger charge is -2.38. The van der Waals surface area contributed by atoms with Crippen molar-refractivity contribution >= 4 is 12.4 Å². The third kappa shape index (κ3) is 2.81. The Morgan fingerprint density at radius 1 is 1.43 bits per heavy atom. The molecule has 0 aromatic carbocycles. The van der Waals surface area contributed by atoms with Crippen molar-refractivity contribution in [1.29, 1.82) is 0 Å². The lowest BCUT2D eigenvalue weighted by molar-refractivity contribution is 0.100. The van der Waals surface area contributed by atoms with Crippen molar-refractivity contribution in [2.75, 3.05) is 19.6 Å². The van der Waals surface area contributed by atoms with E-state index in [4.69, 9.17) is 0 Å². The van der Waals surface area contributed by atoms with Crippen LogP contribution in [0.15, 0.2) is 0 Å². The molecule has 2 atom stereocenters. The minimum absolute atomic E-state index is 0. The van der Waals surface area contributed by atoms with E-state index in [-0.39, 0.29) is 12.4 Å². The second-order valence-corrected chi connectivity index (χ2v) is 4.74. The van der Waals surface area contributed by atoms with Gasteiger partial charge < -0.3 is 5.32 Å². The average Bonchev–Trinajstić information content (AvgIpc) is 2.76. The van der Waals surface area contributed by atoms with Crippen LogP contribution in [-0.4, -0.2) is 42.3 Å². The Labute approximate surface area is 91.6 Å². The molecule has 14 heavy (non-hydrogen) atoms. The van der Waals surface area contributed by atoms with Gasteiger partial charge in [-0.2, -0.15) is 0 Å². The molecule has 1 saturated heterocycles. The molecule has 2 nitrogen and oxygen atoms in total. The summed E-state index contributed by atoms with van der Waals surface area (Å²) in [6, 6.07) is 1.00. The van der Waals surface area contributed by atoms with Gasteiger partial charge in [-0.05, 0) is 26.7 Å². The molecule has 4 heteroatoms. The molecule has 1 saturated carbocycles. The topological polar surface area (TPSA) is 15.3 Å². The summed E-state index contributed by atoms with van der Waals surface area (Å²) in [6.45, 7) is 6.98. The van der Waals surface area contributed by atoms with E-state index in [2.05, 4.69) is 24.1 Å². The molecule has 84 valence electrons. The highest BCUT2D eigenvalue weighted by Gasteiger charge is 2.45. The molecule has 1 aliphatic carbocycles. The molecule has 2 unspecified atom stereocenters. The number of alkyl halides is 1. The molecule has 1 aliphatic heterocycles. The lowest BCUT2D eigenvalue weighted by Crippen LogP contribution is -2.55. The maximum absolute atomic E-state index is 13.5. The summed E-state index contributed by atoms with van der Waals surface area (Å²) in [7, 11) is 0. The number of piperazine rings is 1. The van der Waals surface area contributed by atoms with Crippen molar-refractivity contribution in [3.05, 3.63) is 0 Å². The molecule has 1 N–H and O–H groups in total. The monoisotopic (exact) mass is 222 g/mol. The van der Waals surface area contributed by atoms with E-state index in [0.717, 1.165) is 25.9 Å². The number of nitrogens with zero attached hydrogens (tertiary/aromatic N) is 1. The predicted octanol–water partition coefficient (Wildman–Crippen LogP) is 1.59. The highest BCUT2D eigenvalue weighted by molar-refractivity contribution is 5.85. The van der Waals surface area contributed by atoms with Gasteiger partial charge in [0.05, 0.1) is 0 Å². The fraction of sp³-hybridized carbons (Fsp3) is 1.00. The van der Waals surface area contributed by atoms with Crippen LogP contribution in [-0.2, 0) is 0 Å². The molecule has 2 rings (SSSR count). The van der Waals surface area contributed by atoms with Crippen molar-refractivity contribution in [2.24, 2.45) is 0 Å². The summed E-state index contributed by atoms with van der Waals surface area (Å²) in [6.07, 6.45) is 1.55. The molecule has 0 aromatic heterocycles. The first-order valence-electron chi connectivity index (χ1n) is 5.25. The zero-order valence-electron chi connectivity index (χ0n) is 8.92. The third-order valence-electron chi connectivity index (χ3n) is 3.17. The van der Waals surface area contributed by atoms with Crippen LogP contribution in [0.2, 0.25) is 0 Å². The fourth-order valence-corrected chi connectivity index (χ4v) is 1.98. The maximum Gasteiger partial charge on any atom is 0.123 e. The van der Waals surface area contributed by atoms with E-state index in [1.807, 2.05) is 0 Å². The zero-order chi connectivity index (χ0) is 9.47. The molecule has 2 fully saturated rings. The van der Waals surface area contributed by atoms with E-state index >= 15 is 0 Å². The highest BCUT2D eigenvalue weighted by atomic mass is 35.5. The Morgan fingerprint density at radius 2 is 2.07 bits per heavy atom. The van der Waals surface area contributed by atoms with Crippen LogP contribution in [0.25, 0.3) is 0 Å². The van der Waals surface area contributed by atoms with Gasteiger partial charge in [0.25, 0.3) is 0 Å². The van der Waals surface area contributed by atoms with E-state index in [0.29, 0.717) is 18.6 Å². The van der Waals surface area contributed by atoms with E-state index in [1.165, 1.54) is 0 Å². The van der Waals surface area contributed by atoms with Crippen LogP contribution in [0.4, 0.5) is 4.39 Å². The number of hydrogen-bond acceptors (Lipinski definition) is 2. The first-order chi connectivity index (χ1) is 6.09. The van der Waals surface area contributed by atoms with Crippen LogP contribution in [0.5, 0.6) is 0 Å². The second-order valence-electron chi connectivity index (χ2n) is 4.74. The average molecular weight is 223 g/mol. The Kier molecular flexibility index (Phi) is 3.78. The fourth-order valence-electron chi connectivity index (χ4n) is 1.98. The molecular formula is C10H20ClFN2. The quantitative estimate of drug-likeness (QED) is 0.764. The Bertz CT molecular complexity index is 197. The van der Waals surface area contributed by atoms with E-state index in [1.54, 1.807) is 0 Å². The van der Waals surface area contributed by atoms with Gasteiger partial charge in [-0.1, -0.05) is 0 Å². The van der Waals surface area contributed by atoms with Gasteiger partial charge in [0.15, 0.2) is 0 Å². The Balaban J connectivity index is 0.000000980. The minimum atomic E-state index is -0.828. The summed E-state index contributed by atoms with van der Waals surface area (Å²) in [5.41, 5.74) is -0.828. The summed E-state index contributed by atoms with van der Waals surface area (Å²) in [4.78, 5) is 2.29. The maximum atomic E-state index is 13.5. The van der Waals surface area contributed by atoms with Gasteiger partial charge in [-0.25, -0.2) is 4.39 Å². The van der Waals surface area contributed by atoms with Crippen LogP contribution < -0.4 is 5.32 Å². The third-order valence-corrected chi connectivity index (χ3v) is 3.17. The molecule has 1 heterocycles. The number of hydrogen-bond donors (Lipinski definition) is 1. The van der Waals surface area contributed by atoms with Crippen LogP contribution in [0, 0.1) is 0 Å². The van der Waals surface area contributed by atoms with Gasteiger partial charge in [0.2, 0.25) is 0 Å². The van der Waals surface area contributed by atoms with Gasteiger partial charge in [0.1, 0.15) is 5.67 Å². The summed E-state index contributed by atoms with van der Waals surface area (Å²) in [5.74, 6) is 0. The smallest absolute Gasteiger partial charge is 0.123 e. The Hall–Kier alpha value is 0.140. The van der Waals surface area contributed by atoms with Crippen LogP contribution in [0.3, 0.4) is 0 Å². The zero-order valence-corrected chi connectivity index (χ0v) is 9.74. The summed E-state index contributed by atoms with van der Waals surface area (Å²) < 4.78 is 13.5. The lowest BCUT2D eigenvalue weighted by atomic mass is 10.1. The molecule has 0 aromatic rings. The molecule has 0 bridgehead atoms. The molecule has 0 spiro atoms. The van der Waals surface area contributed by atoms with E-state index in [9.17, 15) is 4.39 Å². The summed E-state index contributed by atoms with van der Waals surface area (Å²) >= 11 is 0. The first kappa shape index (κ1) is 12.2. The van der Waals surface area contributed by atoms with Crippen molar-refractivity contribution in [2.45, 2.75) is 44.4 Å².